The monoisotopic (exact) mass is 414 g/mol. The largest absolute Gasteiger partial charge is 0.329 e. The number of hydrogen-bond acceptors (Lipinski definition) is 5. The molecule has 0 radical (unpaired) electrons. The first-order valence-electron chi connectivity index (χ1n) is 8.39. The van der Waals surface area contributed by atoms with Gasteiger partial charge in [-0.15, -0.1) is 0 Å². The molecule has 0 aliphatic carbocycles. The van der Waals surface area contributed by atoms with Gasteiger partial charge in [0.2, 0.25) is 5.91 Å². The van der Waals surface area contributed by atoms with Crippen molar-refractivity contribution in [3.63, 3.8) is 0 Å². The molecule has 9 nitrogen and oxygen atoms in total. The van der Waals surface area contributed by atoms with Crippen LogP contribution in [0, 0.1) is 17.0 Å². The zero-order valence-corrected chi connectivity index (χ0v) is 15.9. The molecule has 1 saturated heterocycles. The molecule has 1 fully saturated rings. The van der Waals surface area contributed by atoms with Gasteiger partial charge in [0.15, 0.2) is 0 Å². The van der Waals surface area contributed by atoms with Crippen molar-refractivity contribution >= 4 is 46.9 Å². The topological polar surface area (TPSA) is 122 Å². The van der Waals surface area contributed by atoms with Crippen molar-refractivity contribution < 1.29 is 19.3 Å². The Kier molecular flexibility index (Phi) is 5.60. The highest BCUT2D eigenvalue weighted by atomic mass is 35.5. The van der Waals surface area contributed by atoms with Gasteiger partial charge >= 0.3 is 6.03 Å². The molecule has 1 aliphatic rings. The predicted octanol–water partition coefficient (Wildman–Crippen LogP) is 3.09. The van der Waals surface area contributed by atoms with Gasteiger partial charge in [0.1, 0.15) is 17.3 Å². The summed E-state index contributed by atoms with van der Waals surface area (Å²) in [7, 11) is 0. The van der Waals surface area contributed by atoms with Crippen LogP contribution < -0.4 is 10.6 Å². The Morgan fingerprint density at radius 1 is 1.28 bits per heavy atom. The summed E-state index contributed by atoms with van der Waals surface area (Å²) < 4.78 is 0. The van der Waals surface area contributed by atoms with Crippen molar-refractivity contribution in [3.8, 4) is 0 Å². The predicted molar refractivity (Wildman–Crippen MR) is 106 cm³/mol. The normalized spacial score (nSPS) is 14.8. The number of nitro benzene ring substituents is 1. The Labute approximate surface area is 170 Å². The van der Waals surface area contributed by atoms with E-state index in [1.165, 1.54) is 24.3 Å². The summed E-state index contributed by atoms with van der Waals surface area (Å²) in [6.45, 7) is 1.39. The van der Waals surface area contributed by atoms with Crippen LogP contribution >= 0.6 is 11.6 Å². The highest BCUT2D eigenvalue weighted by Crippen LogP contribution is 2.26. The Hall–Kier alpha value is -3.72. The third-order valence-electron chi connectivity index (χ3n) is 4.04. The third kappa shape index (κ3) is 4.58. The van der Waals surface area contributed by atoms with Crippen LogP contribution in [0.3, 0.4) is 0 Å². The maximum atomic E-state index is 12.5. The van der Waals surface area contributed by atoms with Crippen LogP contribution in [-0.2, 0) is 9.59 Å². The molecule has 10 heteroatoms. The first kappa shape index (κ1) is 20.0. The van der Waals surface area contributed by atoms with Crippen LogP contribution in [0.25, 0.3) is 6.08 Å². The molecule has 0 saturated carbocycles. The number of benzene rings is 2. The van der Waals surface area contributed by atoms with Gasteiger partial charge in [-0.1, -0.05) is 29.8 Å². The molecule has 29 heavy (non-hydrogen) atoms. The van der Waals surface area contributed by atoms with Crippen LogP contribution in [0.1, 0.15) is 11.1 Å². The number of aryl methyl sites for hydroxylation is 1. The lowest BCUT2D eigenvalue weighted by molar-refractivity contribution is -0.384. The van der Waals surface area contributed by atoms with E-state index in [1.54, 1.807) is 18.2 Å². The molecule has 1 aliphatic heterocycles. The van der Waals surface area contributed by atoms with Crippen LogP contribution in [0.2, 0.25) is 5.02 Å². The summed E-state index contributed by atoms with van der Waals surface area (Å²) >= 11 is 5.76. The highest BCUT2D eigenvalue weighted by molar-refractivity contribution is 6.32. The maximum Gasteiger partial charge on any atom is 0.329 e. The average Bonchev–Trinajstić information content (AvgIpc) is 2.90. The Morgan fingerprint density at radius 3 is 2.72 bits per heavy atom. The molecule has 2 N–H and O–H groups in total. The van der Waals surface area contributed by atoms with E-state index in [0.717, 1.165) is 10.5 Å². The fourth-order valence-electron chi connectivity index (χ4n) is 2.71. The van der Waals surface area contributed by atoms with E-state index >= 15 is 0 Å². The molecule has 4 amide bonds. The van der Waals surface area contributed by atoms with Crippen molar-refractivity contribution in [2.24, 2.45) is 0 Å². The van der Waals surface area contributed by atoms with Gasteiger partial charge in [0.25, 0.3) is 11.6 Å². The fraction of sp³-hybridized carbons (Fsp3) is 0.105. The number of nitrogens with zero attached hydrogens (tertiary/aromatic N) is 2. The Bertz CT molecular complexity index is 1070. The quantitative estimate of drug-likeness (QED) is 0.337. The van der Waals surface area contributed by atoms with Crippen LogP contribution in [0.15, 0.2) is 48.2 Å². The summed E-state index contributed by atoms with van der Waals surface area (Å²) in [6.07, 6.45) is 1.28. The highest BCUT2D eigenvalue weighted by Gasteiger charge is 2.35. The van der Waals surface area contributed by atoms with E-state index < -0.39 is 29.3 Å². The summed E-state index contributed by atoms with van der Waals surface area (Å²) in [5.41, 5.74) is 1.37. The molecule has 0 atom stereocenters. The SMILES string of the molecule is Cc1cccc(NC(=O)CN2C(=O)N/C(=C/c3ccc(Cl)c([N+](=O)[O-])c3)C2=O)c1. The number of nitrogens with one attached hydrogen (secondary N) is 2. The van der Waals surface area contributed by atoms with Gasteiger partial charge in [0.05, 0.1) is 4.92 Å². The molecule has 148 valence electrons. The van der Waals surface area contributed by atoms with Crippen molar-refractivity contribution in [2.75, 3.05) is 11.9 Å². The summed E-state index contributed by atoms with van der Waals surface area (Å²) in [4.78, 5) is 47.9. The number of amides is 4. The lowest BCUT2D eigenvalue weighted by atomic mass is 10.1. The van der Waals surface area contributed by atoms with E-state index in [4.69, 9.17) is 11.6 Å². The van der Waals surface area contributed by atoms with Gasteiger partial charge in [-0.2, -0.15) is 0 Å². The number of carbonyl (C=O) groups excluding carboxylic acids is 3. The zero-order chi connectivity index (χ0) is 21.1. The number of carbonyl (C=O) groups is 3. The Morgan fingerprint density at radius 2 is 2.03 bits per heavy atom. The number of urea groups is 1. The number of halogens is 1. The lowest BCUT2D eigenvalue weighted by Gasteiger charge is -2.12. The number of nitro groups is 1. The third-order valence-corrected chi connectivity index (χ3v) is 4.36. The minimum atomic E-state index is -0.760. The number of hydrogen-bond donors (Lipinski definition) is 2. The second kappa shape index (κ2) is 8.11. The molecule has 0 aromatic heterocycles. The van der Waals surface area contributed by atoms with E-state index in [-0.39, 0.29) is 16.4 Å². The fourth-order valence-corrected chi connectivity index (χ4v) is 2.89. The molecule has 0 bridgehead atoms. The number of imide groups is 1. The summed E-state index contributed by atoms with van der Waals surface area (Å²) in [6, 6.07) is 10.3. The standard InChI is InChI=1S/C19H15ClN4O5/c1-11-3-2-4-13(7-11)21-17(25)10-23-18(26)15(22-19(23)27)8-12-5-6-14(20)16(9-12)24(28)29/h2-9H,10H2,1H3,(H,21,25)(H,22,27)/b15-8+. The zero-order valence-electron chi connectivity index (χ0n) is 15.1. The van der Waals surface area contributed by atoms with E-state index in [2.05, 4.69) is 10.6 Å². The van der Waals surface area contributed by atoms with Crippen LogP contribution in [0.5, 0.6) is 0 Å². The van der Waals surface area contributed by atoms with Crippen molar-refractivity contribution in [1.29, 1.82) is 0 Å². The van der Waals surface area contributed by atoms with E-state index in [0.29, 0.717) is 11.3 Å². The smallest absolute Gasteiger partial charge is 0.325 e. The molecular formula is C19H15ClN4O5. The molecular weight excluding hydrogens is 400 g/mol. The molecule has 0 spiro atoms. The molecule has 2 aromatic carbocycles. The van der Waals surface area contributed by atoms with Crippen molar-refractivity contribution in [2.45, 2.75) is 6.92 Å². The van der Waals surface area contributed by atoms with E-state index in [1.807, 2.05) is 13.0 Å². The minimum Gasteiger partial charge on any atom is -0.325 e. The van der Waals surface area contributed by atoms with Crippen molar-refractivity contribution in [3.05, 3.63) is 74.4 Å². The number of rotatable bonds is 5. The summed E-state index contributed by atoms with van der Waals surface area (Å²) in [5.74, 6) is -1.26. The first-order chi connectivity index (χ1) is 13.7. The molecule has 3 rings (SSSR count). The second-order valence-corrected chi connectivity index (χ2v) is 6.67. The Balaban J connectivity index is 1.74. The number of anilines is 1. The van der Waals surface area contributed by atoms with Gasteiger partial charge in [-0.05, 0) is 42.3 Å². The van der Waals surface area contributed by atoms with Gasteiger partial charge in [0, 0.05) is 11.8 Å². The van der Waals surface area contributed by atoms with Gasteiger partial charge < -0.3 is 10.6 Å². The molecule has 2 aromatic rings. The van der Waals surface area contributed by atoms with Crippen molar-refractivity contribution in [1.82, 2.24) is 10.2 Å². The average molecular weight is 415 g/mol. The first-order valence-corrected chi connectivity index (χ1v) is 8.77. The molecule has 1 heterocycles. The van der Waals surface area contributed by atoms with Gasteiger partial charge in [-0.25, -0.2) is 9.69 Å². The van der Waals surface area contributed by atoms with E-state index in [9.17, 15) is 24.5 Å². The van der Waals surface area contributed by atoms with Crippen LogP contribution in [-0.4, -0.2) is 34.2 Å². The van der Waals surface area contributed by atoms with Gasteiger partial charge in [-0.3, -0.25) is 19.7 Å². The lowest BCUT2D eigenvalue weighted by Crippen LogP contribution is -2.38. The molecule has 0 unspecified atom stereocenters. The maximum absolute atomic E-state index is 12.5. The second-order valence-electron chi connectivity index (χ2n) is 6.27. The summed E-state index contributed by atoms with van der Waals surface area (Å²) in [5, 5.41) is 15.9. The van der Waals surface area contributed by atoms with Crippen LogP contribution in [0.4, 0.5) is 16.2 Å². The minimum absolute atomic E-state index is 0.0478.